The molecule has 0 radical (unpaired) electrons. The van der Waals surface area contributed by atoms with E-state index in [0.717, 1.165) is 77.6 Å². The van der Waals surface area contributed by atoms with Crippen molar-refractivity contribution in [2.45, 2.75) is 66.0 Å². The molecule has 2 aliphatic heterocycles. The number of carbonyl (C=O) groups excluding carboxylic acids is 2. The van der Waals surface area contributed by atoms with Crippen molar-refractivity contribution in [3.63, 3.8) is 0 Å². The van der Waals surface area contributed by atoms with Gasteiger partial charge in [-0.3, -0.25) is 29.4 Å². The number of likely N-dealkylation sites (N-methyl/N-ethyl adjacent to an activating group) is 2. The molecule has 0 unspecified atom stereocenters. The van der Waals surface area contributed by atoms with Gasteiger partial charge in [0.2, 0.25) is 5.95 Å². The monoisotopic (exact) mass is 1280 g/mol. The molecule has 10 rings (SSSR count). The molecule has 0 spiro atoms. The number of anilines is 3. The van der Waals surface area contributed by atoms with E-state index in [1.165, 1.54) is 50.6 Å². The highest BCUT2D eigenvalue weighted by Crippen LogP contribution is 2.40. The maximum atomic E-state index is 14.1. The van der Waals surface area contributed by atoms with Crippen molar-refractivity contribution in [3.05, 3.63) is 134 Å². The zero-order valence-electron chi connectivity index (χ0n) is 47.5. The summed E-state index contributed by atoms with van der Waals surface area (Å²) in [4.78, 5) is 56.9. The van der Waals surface area contributed by atoms with Crippen molar-refractivity contribution in [2.75, 3.05) is 76.5 Å². The topological polar surface area (TPSA) is 191 Å². The van der Waals surface area contributed by atoms with E-state index in [4.69, 9.17) is 38.4 Å². The molecule has 85 heavy (non-hydrogen) atoms. The Morgan fingerprint density at radius 1 is 0.612 bits per heavy atom. The minimum Gasteiger partial charge on any atom is -0.454 e. The fourth-order valence-corrected chi connectivity index (χ4v) is 10.6. The van der Waals surface area contributed by atoms with E-state index in [9.17, 15) is 35.9 Å². The predicted molar refractivity (Wildman–Crippen MR) is 317 cm³/mol. The molecule has 3 N–H and O–H groups in total. The lowest BCUT2D eigenvalue weighted by molar-refractivity contribution is -0.139. The van der Waals surface area contributed by atoms with Crippen LogP contribution in [0, 0.1) is 0 Å². The first-order chi connectivity index (χ1) is 40.4. The molecule has 2 aliphatic rings. The number of pyridine rings is 4. The quantitative estimate of drug-likeness (QED) is 0.0685. The number of halogens is 9. The molecule has 0 atom stereocenters. The Morgan fingerprint density at radius 3 is 1.51 bits per heavy atom. The number of aryl methyl sites for hydroxylation is 2. The summed E-state index contributed by atoms with van der Waals surface area (Å²) in [5, 5.41) is 3.63. The second-order valence-electron chi connectivity index (χ2n) is 20.4. The van der Waals surface area contributed by atoms with Crippen molar-refractivity contribution in [2.24, 2.45) is 14.1 Å². The molecular formula is C58H63BrCl2F6N14O4. The number of Topliss-reactive ketones (excluding diaryl/α,β-unsaturated/α-hetero) is 2. The van der Waals surface area contributed by atoms with E-state index in [0.29, 0.717) is 72.8 Å². The smallest absolute Gasteiger partial charge is 0.416 e. The van der Waals surface area contributed by atoms with Gasteiger partial charge >= 0.3 is 12.4 Å². The third-order valence-corrected chi connectivity index (χ3v) is 15.6. The fraction of sp³-hybridized carbons (Fsp3) is 0.379. The van der Waals surface area contributed by atoms with Gasteiger partial charge in [-0.15, -0.1) is 0 Å². The summed E-state index contributed by atoms with van der Waals surface area (Å²) in [6.45, 7) is 16.2. The molecule has 8 aromatic rings. The Labute approximate surface area is 505 Å². The first-order valence-electron chi connectivity index (χ1n) is 27.1. The van der Waals surface area contributed by atoms with Gasteiger partial charge < -0.3 is 39.5 Å². The molecule has 2 fully saturated rings. The number of fused-ring (bicyclic) bond motifs is 2. The van der Waals surface area contributed by atoms with Crippen LogP contribution >= 0.6 is 39.1 Å². The van der Waals surface area contributed by atoms with Gasteiger partial charge in [-0.1, -0.05) is 49.2 Å². The van der Waals surface area contributed by atoms with Gasteiger partial charge in [0.05, 0.1) is 34.9 Å². The van der Waals surface area contributed by atoms with Gasteiger partial charge in [0.15, 0.2) is 27.5 Å². The number of imidazole rings is 2. The lowest BCUT2D eigenvalue weighted by Gasteiger charge is -2.34. The number of aromatic nitrogens is 8. The van der Waals surface area contributed by atoms with E-state index >= 15 is 0 Å². The summed E-state index contributed by atoms with van der Waals surface area (Å²) in [5.74, 6) is 1.91. The van der Waals surface area contributed by atoms with E-state index in [2.05, 4.69) is 84.6 Å². The predicted octanol–water partition coefficient (Wildman–Crippen LogP) is 12.0. The molecule has 8 heterocycles. The third kappa shape index (κ3) is 16.7. The number of alkyl halides is 6. The number of piperazine rings is 2. The van der Waals surface area contributed by atoms with Crippen molar-refractivity contribution >= 4 is 90.3 Å². The Morgan fingerprint density at radius 2 is 1.05 bits per heavy atom. The van der Waals surface area contributed by atoms with E-state index < -0.39 is 23.5 Å². The van der Waals surface area contributed by atoms with Gasteiger partial charge in [0, 0.05) is 128 Å². The number of nitrogens with two attached hydrogens (primary N) is 1. The van der Waals surface area contributed by atoms with Crippen LogP contribution in [0.25, 0.3) is 22.3 Å². The molecule has 0 aliphatic carbocycles. The fourth-order valence-electron chi connectivity index (χ4n) is 9.64. The van der Waals surface area contributed by atoms with E-state index in [-0.39, 0.29) is 64.6 Å². The lowest BCUT2D eigenvalue weighted by atomic mass is 10.0. The van der Waals surface area contributed by atoms with Crippen molar-refractivity contribution in [1.82, 2.24) is 58.6 Å². The summed E-state index contributed by atoms with van der Waals surface area (Å²) >= 11 is 16.4. The third-order valence-electron chi connectivity index (χ3n) is 14.2. The number of hydrogen-bond donors (Lipinski definition) is 2. The van der Waals surface area contributed by atoms with Crippen LogP contribution < -0.4 is 20.5 Å². The van der Waals surface area contributed by atoms with Crippen LogP contribution in [0.2, 0.25) is 10.0 Å². The maximum Gasteiger partial charge on any atom is 0.416 e. The number of benzene rings is 2. The zero-order chi connectivity index (χ0) is 61.3. The molecule has 0 amide bonds. The van der Waals surface area contributed by atoms with E-state index in [1.54, 1.807) is 52.7 Å². The average Bonchev–Trinajstić information content (AvgIpc) is 4.09. The summed E-state index contributed by atoms with van der Waals surface area (Å²) < 4.78 is 97.1. The summed E-state index contributed by atoms with van der Waals surface area (Å²) in [6, 6.07) is 15.0. The van der Waals surface area contributed by atoms with Gasteiger partial charge in [0.25, 0.3) is 0 Å². The Balaban J connectivity index is 0.000000184. The molecule has 0 bridgehead atoms. The van der Waals surface area contributed by atoms with Gasteiger partial charge in [-0.05, 0) is 90.4 Å². The highest BCUT2D eigenvalue weighted by atomic mass is 79.9. The minimum absolute atomic E-state index is 0.0295. The van der Waals surface area contributed by atoms with Crippen LogP contribution in [0.3, 0.4) is 0 Å². The zero-order valence-corrected chi connectivity index (χ0v) is 50.6. The minimum atomic E-state index is -4.51. The first-order valence-corrected chi connectivity index (χ1v) is 28.7. The molecule has 452 valence electrons. The number of rotatable bonds is 16. The second kappa shape index (κ2) is 28.0. The van der Waals surface area contributed by atoms with Crippen LogP contribution in [0.1, 0.15) is 61.3 Å². The Kier molecular flexibility index (Phi) is 21.1. The van der Waals surface area contributed by atoms with Crippen molar-refractivity contribution < 1.29 is 45.4 Å². The molecule has 2 aromatic carbocycles. The summed E-state index contributed by atoms with van der Waals surface area (Å²) in [6.07, 6.45) is -2.36. The SMILES string of the molecule is CC(=O)Cc1cc(Oc2cnc3nc(Br)n(C)c3c2Cl)ccn1.CCN1CCN(Cc2ccc(N)cc2C(F)(F)F)CC1.CCN1CCN(Cc2ccc(Nc3nc4ncc(Oc5ccnc(CC(C)=O)c5)c(Cl)c4n3C)cc2C(F)(F)F)CC1. The van der Waals surface area contributed by atoms with Crippen LogP contribution in [0.5, 0.6) is 23.0 Å². The summed E-state index contributed by atoms with van der Waals surface area (Å²) in [7, 11) is 3.51. The number of hydrogen-bond acceptors (Lipinski definition) is 16. The molecule has 0 saturated carbocycles. The first kappa shape index (κ1) is 64.0. The number of nitrogens with one attached hydrogen (secondary N) is 1. The molecule has 2 saturated heterocycles. The van der Waals surface area contributed by atoms with Crippen LogP contribution in [0.4, 0.5) is 43.7 Å². The van der Waals surface area contributed by atoms with Crippen molar-refractivity contribution in [3.8, 4) is 23.0 Å². The molecule has 18 nitrogen and oxygen atoms in total. The number of ketones is 2. The van der Waals surface area contributed by atoms with Gasteiger partial charge in [0.1, 0.15) is 44.1 Å². The van der Waals surface area contributed by atoms with E-state index in [1.807, 2.05) is 7.05 Å². The highest BCUT2D eigenvalue weighted by Gasteiger charge is 2.36. The van der Waals surface area contributed by atoms with Gasteiger partial charge in [-0.2, -0.15) is 31.3 Å². The average molecular weight is 1290 g/mol. The number of ether oxygens (including phenoxy) is 2. The largest absolute Gasteiger partial charge is 0.454 e. The Bertz CT molecular complexity index is 3660. The highest BCUT2D eigenvalue weighted by molar-refractivity contribution is 9.10. The molecule has 27 heteroatoms. The maximum absolute atomic E-state index is 14.1. The van der Waals surface area contributed by atoms with Crippen LogP contribution in [-0.4, -0.2) is 136 Å². The molecule has 6 aromatic heterocycles. The normalized spacial score (nSPS) is 14.6. The molecular weight excluding hydrogens is 1220 g/mol. The Hall–Kier alpha value is -7.00. The van der Waals surface area contributed by atoms with Crippen molar-refractivity contribution in [1.29, 1.82) is 0 Å². The number of nitrogen functional groups attached to an aromatic ring is 1. The number of nitrogens with zero attached hydrogens (tertiary/aromatic N) is 12. The van der Waals surface area contributed by atoms with Crippen LogP contribution in [0.15, 0.2) is 90.2 Å². The summed E-state index contributed by atoms with van der Waals surface area (Å²) in [5.41, 5.74) is 8.24. The lowest BCUT2D eigenvalue weighted by Crippen LogP contribution is -2.45. The van der Waals surface area contributed by atoms with Crippen LogP contribution in [-0.2, 0) is 62.0 Å². The standard InChI is InChI=1S/C29H31ClF3N7O2.C15H12BrClN4O2.C14H20F3N3/c1-4-39-9-11-40(12-10-39)17-19-5-6-20(15-23(19)29(31,32)33)36-28-37-27-26(38(28)3)25(30)24(16-35-27)42-22-7-8-34-21(14-22)13-18(2)41;1-8(22)5-9-6-10(3-4-18-9)23-11-7-19-14-13(12(11)17)21(2)15(16)20-14;1-2-19-5-7-20(8-6-19)10-11-3-4-12(18)9-13(11)14(15,16)17/h5-8,14-16H,4,9-13,17H2,1-3H3,(H,35,36,37);3-4,6-7H,5H2,1-2H3;3-4,9H,2,5-8,10,18H2,1H3. The number of carbonyl (C=O) groups is 2. The van der Waals surface area contributed by atoms with Gasteiger partial charge in [-0.25, -0.2) is 15.0 Å². The second-order valence-corrected chi connectivity index (χ2v) is 21.9.